The van der Waals surface area contributed by atoms with E-state index in [4.69, 9.17) is 16.3 Å². The van der Waals surface area contributed by atoms with Crippen LogP contribution in [-0.2, 0) is 14.8 Å². The number of morpholine rings is 1. The van der Waals surface area contributed by atoms with Gasteiger partial charge in [-0.2, -0.15) is 0 Å². The van der Waals surface area contributed by atoms with Gasteiger partial charge in [-0.05, 0) is 24.3 Å². The maximum atomic E-state index is 13.6. The SMILES string of the molecule is CS(=O)(=O)Nc1cc(F)ccc1NC(=O)c1nc(Nc2ccc(N3CCOCC3)nc2)ncc1Cl. The third-order valence-corrected chi connectivity index (χ3v) is 5.69. The van der Waals surface area contributed by atoms with Crippen molar-refractivity contribution in [1.82, 2.24) is 15.0 Å². The second-order valence-corrected chi connectivity index (χ2v) is 9.69. The van der Waals surface area contributed by atoms with Gasteiger partial charge in [-0.25, -0.2) is 27.8 Å². The van der Waals surface area contributed by atoms with Crippen LogP contribution < -0.4 is 20.3 Å². The number of hydrogen-bond donors (Lipinski definition) is 3. The second kappa shape index (κ2) is 10.4. The van der Waals surface area contributed by atoms with Gasteiger partial charge in [-0.1, -0.05) is 11.6 Å². The number of rotatable bonds is 7. The molecule has 0 saturated carbocycles. The van der Waals surface area contributed by atoms with E-state index < -0.39 is 21.7 Å². The zero-order valence-electron chi connectivity index (χ0n) is 18.5. The van der Waals surface area contributed by atoms with E-state index in [0.29, 0.717) is 18.9 Å². The van der Waals surface area contributed by atoms with Crippen molar-refractivity contribution in [3.8, 4) is 0 Å². The van der Waals surface area contributed by atoms with Crippen LogP contribution in [-0.4, -0.2) is 61.8 Å². The summed E-state index contributed by atoms with van der Waals surface area (Å²) in [6, 6.07) is 6.89. The van der Waals surface area contributed by atoms with Gasteiger partial charge < -0.3 is 20.3 Å². The molecular formula is C21H21ClFN7O4S. The Kier molecular flexibility index (Phi) is 7.28. The third-order valence-electron chi connectivity index (χ3n) is 4.82. The van der Waals surface area contributed by atoms with E-state index in [0.717, 1.165) is 37.3 Å². The molecule has 14 heteroatoms. The van der Waals surface area contributed by atoms with E-state index in [1.165, 1.54) is 12.3 Å². The number of benzene rings is 1. The van der Waals surface area contributed by atoms with Crippen LogP contribution in [0.15, 0.2) is 42.7 Å². The number of halogens is 2. The summed E-state index contributed by atoms with van der Waals surface area (Å²) in [6.07, 6.45) is 3.77. The van der Waals surface area contributed by atoms with E-state index in [-0.39, 0.29) is 28.0 Å². The Morgan fingerprint density at radius 2 is 1.89 bits per heavy atom. The number of carbonyl (C=O) groups excluding carboxylic acids is 1. The van der Waals surface area contributed by atoms with Gasteiger partial charge in [0.05, 0.1) is 53.9 Å². The molecule has 1 aromatic carbocycles. The van der Waals surface area contributed by atoms with Crippen LogP contribution in [0.2, 0.25) is 5.02 Å². The Balaban J connectivity index is 1.50. The summed E-state index contributed by atoms with van der Waals surface area (Å²) in [5.74, 6) is -0.527. The number of nitrogens with one attached hydrogen (secondary N) is 3. The van der Waals surface area contributed by atoms with Crippen molar-refractivity contribution in [3.63, 3.8) is 0 Å². The third kappa shape index (κ3) is 6.53. The highest BCUT2D eigenvalue weighted by Crippen LogP contribution is 2.26. The summed E-state index contributed by atoms with van der Waals surface area (Å²) < 4.78 is 44.3. The van der Waals surface area contributed by atoms with Crippen LogP contribution in [0.25, 0.3) is 0 Å². The van der Waals surface area contributed by atoms with Crippen LogP contribution in [0.3, 0.4) is 0 Å². The van der Waals surface area contributed by atoms with Gasteiger partial charge in [0.15, 0.2) is 5.69 Å². The molecule has 1 saturated heterocycles. The molecule has 0 atom stereocenters. The minimum absolute atomic E-state index is 0.0221. The van der Waals surface area contributed by atoms with E-state index >= 15 is 0 Å². The molecule has 1 aliphatic heterocycles. The largest absolute Gasteiger partial charge is 0.378 e. The van der Waals surface area contributed by atoms with Crippen LogP contribution in [0.5, 0.6) is 0 Å². The monoisotopic (exact) mass is 521 g/mol. The van der Waals surface area contributed by atoms with Crippen molar-refractivity contribution >= 4 is 56.4 Å². The molecule has 3 N–H and O–H groups in total. The first-order chi connectivity index (χ1) is 16.7. The molecule has 1 fully saturated rings. The van der Waals surface area contributed by atoms with Crippen molar-refractivity contribution in [2.24, 2.45) is 0 Å². The highest BCUT2D eigenvalue weighted by Gasteiger charge is 2.18. The van der Waals surface area contributed by atoms with Crippen LogP contribution in [0, 0.1) is 5.82 Å². The Morgan fingerprint density at radius 3 is 2.57 bits per heavy atom. The smallest absolute Gasteiger partial charge is 0.276 e. The zero-order chi connectivity index (χ0) is 25.0. The number of ether oxygens (including phenoxy) is 1. The Hall–Kier alpha value is -3.55. The molecular weight excluding hydrogens is 501 g/mol. The van der Waals surface area contributed by atoms with Crippen LogP contribution in [0.1, 0.15) is 10.5 Å². The first kappa shape index (κ1) is 24.6. The molecule has 3 heterocycles. The van der Waals surface area contributed by atoms with Gasteiger partial charge >= 0.3 is 0 Å². The molecule has 0 aliphatic carbocycles. The lowest BCUT2D eigenvalue weighted by Crippen LogP contribution is -2.36. The summed E-state index contributed by atoms with van der Waals surface area (Å²) in [4.78, 5) is 27.6. The Morgan fingerprint density at radius 1 is 1.11 bits per heavy atom. The molecule has 1 aliphatic rings. The maximum Gasteiger partial charge on any atom is 0.276 e. The number of aromatic nitrogens is 3. The van der Waals surface area contributed by atoms with Crippen LogP contribution >= 0.6 is 11.6 Å². The molecule has 0 spiro atoms. The maximum absolute atomic E-state index is 13.6. The van der Waals surface area contributed by atoms with Crippen molar-refractivity contribution in [2.75, 3.05) is 52.8 Å². The number of amides is 1. The summed E-state index contributed by atoms with van der Waals surface area (Å²) in [5.41, 5.74) is 0.301. The number of anilines is 5. The lowest BCUT2D eigenvalue weighted by molar-refractivity contribution is 0.102. The van der Waals surface area contributed by atoms with Crippen molar-refractivity contribution in [3.05, 3.63) is 59.3 Å². The highest BCUT2D eigenvalue weighted by atomic mass is 35.5. The standard InChI is InChI=1S/C21H21ClFN7O4S/c1-35(32,33)29-17-10-13(23)2-4-16(17)27-20(31)19-15(22)12-25-21(28-19)26-14-3-5-18(24-11-14)30-6-8-34-9-7-30/h2-5,10-12,29H,6-9H2,1H3,(H,27,31)(H,25,26,28). The molecule has 11 nitrogen and oxygen atoms in total. The van der Waals surface area contributed by atoms with Gasteiger partial charge in [0, 0.05) is 19.2 Å². The summed E-state index contributed by atoms with van der Waals surface area (Å²) in [5, 5.41) is 5.42. The molecule has 35 heavy (non-hydrogen) atoms. The fourth-order valence-electron chi connectivity index (χ4n) is 3.25. The molecule has 0 unspecified atom stereocenters. The number of sulfonamides is 1. The number of hydrogen-bond acceptors (Lipinski definition) is 9. The predicted octanol–water partition coefficient (Wildman–Crippen LogP) is 2.87. The van der Waals surface area contributed by atoms with E-state index in [9.17, 15) is 17.6 Å². The lowest BCUT2D eigenvalue weighted by atomic mass is 10.2. The first-order valence-corrected chi connectivity index (χ1v) is 12.6. The van der Waals surface area contributed by atoms with Crippen molar-refractivity contribution < 1.29 is 22.3 Å². The zero-order valence-corrected chi connectivity index (χ0v) is 20.0. The molecule has 0 radical (unpaired) electrons. The molecule has 184 valence electrons. The molecule has 1 amide bonds. The predicted molar refractivity (Wildman–Crippen MR) is 130 cm³/mol. The van der Waals surface area contributed by atoms with E-state index in [2.05, 4.69) is 35.2 Å². The molecule has 3 aromatic rings. The summed E-state index contributed by atoms with van der Waals surface area (Å²) in [6.45, 7) is 2.81. The highest BCUT2D eigenvalue weighted by molar-refractivity contribution is 7.92. The normalized spacial score (nSPS) is 13.9. The van der Waals surface area contributed by atoms with Gasteiger partial charge in [0.1, 0.15) is 11.6 Å². The lowest BCUT2D eigenvalue weighted by Gasteiger charge is -2.27. The second-order valence-electron chi connectivity index (χ2n) is 7.54. The fraction of sp³-hybridized carbons (Fsp3) is 0.238. The van der Waals surface area contributed by atoms with E-state index in [1.807, 2.05) is 6.07 Å². The van der Waals surface area contributed by atoms with Gasteiger partial charge in [0.25, 0.3) is 5.91 Å². The van der Waals surface area contributed by atoms with Crippen LogP contribution in [0.4, 0.5) is 33.2 Å². The minimum atomic E-state index is -3.72. The van der Waals surface area contributed by atoms with Gasteiger partial charge in [-0.3, -0.25) is 9.52 Å². The topological polar surface area (TPSA) is 138 Å². The Labute approximate surface area is 205 Å². The average molecular weight is 522 g/mol. The number of nitrogens with zero attached hydrogens (tertiary/aromatic N) is 4. The fourth-order valence-corrected chi connectivity index (χ4v) is 3.99. The van der Waals surface area contributed by atoms with Crippen molar-refractivity contribution in [1.29, 1.82) is 0 Å². The molecule has 0 bridgehead atoms. The average Bonchev–Trinajstić information content (AvgIpc) is 2.82. The summed E-state index contributed by atoms with van der Waals surface area (Å²) in [7, 11) is -3.72. The van der Waals surface area contributed by atoms with E-state index in [1.54, 1.807) is 12.3 Å². The van der Waals surface area contributed by atoms with Crippen molar-refractivity contribution in [2.45, 2.75) is 0 Å². The summed E-state index contributed by atoms with van der Waals surface area (Å²) >= 11 is 6.13. The number of carbonyl (C=O) groups is 1. The number of pyridine rings is 1. The first-order valence-electron chi connectivity index (χ1n) is 10.3. The molecule has 4 rings (SSSR count). The minimum Gasteiger partial charge on any atom is -0.378 e. The van der Waals surface area contributed by atoms with Gasteiger partial charge in [0.2, 0.25) is 16.0 Å². The molecule has 2 aromatic heterocycles. The Bertz CT molecular complexity index is 1340. The quantitative estimate of drug-likeness (QED) is 0.428. The van der Waals surface area contributed by atoms with Gasteiger partial charge in [-0.15, -0.1) is 0 Å².